The Kier molecular flexibility index (Phi) is 0.475. The number of H-pyrrole nitrogens is 1. The SMILES string of the molecule is O=c1ncc2c([nH]1)C2. The number of hydrogen-bond acceptors (Lipinski definition) is 2. The van der Waals surface area contributed by atoms with Crippen molar-refractivity contribution in [1.82, 2.24) is 9.97 Å². The molecule has 0 unspecified atom stereocenters. The number of nitrogens with zero attached hydrogens (tertiary/aromatic N) is 1. The van der Waals surface area contributed by atoms with E-state index < -0.39 is 0 Å². The topological polar surface area (TPSA) is 45.8 Å². The van der Waals surface area contributed by atoms with Crippen molar-refractivity contribution in [2.45, 2.75) is 6.42 Å². The van der Waals surface area contributed by atoms with Crippen molar-refractivity contribution in [2.75, 3.05) is 0 Å². The molecular weight excluding hydrogens is 104 g/mol. The number of rotatable bonds is 0. The summed E-state index contributed by atoms with van der Waals surface area (Å²) in [5.41, 5.74) is 1.98. The first-order valence-corrected chi connectivity index (χ1v) is 2.43. The third-order valence-electron chi connectivity index (χ3n) is 1.23. The second-order valence-electron chi connectivity index (χ2n) is 1.87. The van der Waals surface area contributed by atoms with Gasteiger partial charge in [-0.05, 0) is 5.56 Å². The molecule has 1 aliphatic rings. The van der Waals surface area contributed by atoms with Gasteiger partial charge in [0.1, 0.15) is 0 Å². The van der Waals surface area contributed by atoms with Gasteiger partial charge in [0.2, 0.25) is 0 Å². The van der Waals surface area contributed by atoms with Crippen molar-refractivity contribution in [3.63, 3.8) is 0 Å². The van der Waals surface area contributed by atoms with E-state index in [9.17, 15) is 4.79 Å². The summed E-state index contributed by atoms with van der Waals surface area (Å²) in [6.45, 7) is 0. The molecule has 0 radical (unpaired) electrons. The van der Waals surface area contributed by atoms with Crippen molar-refractivity contribution < 1.29 is 0 Å². The Bertz CT molecular complexity index is 276. The molecular formula is C5H4N2O. The van der Waals surface area contributed by atoms with Gasteiger partial charge in [-0.15, -0.1) is 0 Å². The van der Waals surface area contributed by atoms with Crippen molar-refractivity contribution in [3.05, 3.63) is 27.9 Å². The molecule has 0 bridgehead atoms. The lowest BCUT2D eigenvalue weighted by atomic mass is 10.6. The van der Waals surface area contributed by atoms with E-state index in [0.717, 1.165) is 12.1 Å². The first kappa shape index (κ1) is 3.83. The summed E-state index contributed by atoms with van der Waals surface area (Å²) in [6.07, 6.45) is 2.55. The summed E-state index contributed by atoms with van der Waals surface area (Å²) < 4.78 is 0. The maximum absolute atomic E-state index is 10.4. The zero-order valence-corrected chi connectivity index (χ0v) is 4.14. The molecule has 1 N–H and O–H groups in total. The highest BCUT2D eigenvalue weighted by atomic mass is 16.1. The Morgan fingerprint density at radius 3 is 3.25 bits per heavy atom. The highest BCUT2D eigenvalue weighted by Gasteiger charge is 2.16. The summed E-state index contributed by atoms with van der Waals surface area (Å²) in [4.78, 5) is 16.5. The maximum Gasteiger partial charge on any atom is 0.345 e. The molecule has 40 valence electrons. The van der Waals surface area contributed by atoms with E-state index in [-0.39, 0.29) is 5.69 Å². The summed E-state index contributed by atoms with van der Waals surface area (Å²) in [5.74, 6) is 0. The molecule has 0 saturated carbocycles. The van der Waals surface area contributed by atoms with E-state index in [1.54, 1.807) is 6.20 Å². The predicted molar refractivity (Wildman–Crippen MR) is 27.7 cm³/mol. The number of aromatic amines is 1. The van der Waals surface area contributed by atoms with Crippen LogP contribution in [0.5, 0.6) is 0 Å². The zero-order chi connectivity index (χ0) is 5.56. The van der Waals surface area contributed by atoms with Crippen LogP contribution in [-0.2, 0) is 6.42 Å². The molecule has 0 saturated heterocycles. The summed E-state index contributed by atoms with van der Waals surface area (Å²) in [5, 5.41) is 0. The summed E-state index contributed by atoms with van der Waals surface area (Å²) in [6, 6.07) is 0. The lowest BCUT2D eigenvalue weighted by Crippen LogP contribution is -2.06. The van der Waals surface area contributed by atoms with Gasteiger partial charge < -0.3 is 4.98 Å². The molecule has 0 amide bonds. The van der Waals surface area contributed by atoms with E-state index in [2.05, 4.69) is 9.97 Å². The fourth-order valence-electron chi connectivity index (χ4n) is 0.692. The van der Waals surface area contributed by atoms with Crippen LogP contribution < -0.4 is 5.69 Å². The van der Waals surface area contributed by atoms with Crippen LogP contribution in [0, 0.1) is 0 Å². The molecule has 0 fully saturated rings. The highest BCUT2D eigenvalue weighted by molar-refractivity contribution is 5.35. The van der Waals surface area contributed by atoms with Gasteiger partial charge in [0.05, 0.1) is 0 Å². The molecule has 3 heteroatoms. The maximum atomic E-state index is 10.4. The molecule has 0 atom stereocenters. The molecule has 1 aromatic heterocycles. The summed E-state index contributed by atoms with van der Waals surface area (Å²) >= 11 is 0. The van der Waals surface area contributed by atoms with Gasteiger partial charge in [0, 0.05) is 18.3 Å². The smallest absolute Gasteiger partial charge is 0.309 e. The third kappa shape index (κ3) is 0.381. The molecule has 0 spiro atoms. The Labute approximate surface area is 45.4 Å². The van der Waals surface area contributed by atoms with Crippen LogP contribution in [0.3, 0.4) is 0 Å². The molecule has 1 aliphatic carbocycles. The van der Waals surface area contributed by atoms with Crippen molar-refractivity contribution in [3.8, 4) is 0 Å². The fraction of sp³-hybridized carbons (Fsp3) is 0.200. The minimum atomic E-state index is -0.235. The Hall–Kier alpha value is -1.12. The van der Waals surface area contributed by atoms with Crippen molar-refractivity contribution >= 4 is 0 Å². The minimum absolute atomic E-state index is 0.235. The number of aromatic nitrogens is 2. The average Bonchev–Trinajstić information content (AvgIpc) is 2.43. The Balaban J connectivity index is 2.81. The van der Waals surface area contributed by atoms with Gasteiger partial charge >= 0.3 is 5.69 Å². The Morgan fingerprint density at radius 1 is 1.75 bits per heavy atom. The zero-order valence-electron chi connectivity index (χ0n) is 4.14. The van der Waals surface area contributed by atoms with E-state index in [0.29, 0.717) is 0 Å². The van der Waals surface area contributed by atoms with Crippen molar-refractivity contribution in [1.29, 1.82) is 0 Å². The third-order valence-corrected chi connectivity index (χ3v) is 1.23. The molecule has 2 rings (SSSR count). The van der Waals surface area contributed by atoms with E-state index >= 15 is 0 Å². The first-order valence-electron chi connectivity index (χ1n) is 2.43. The van der Waals surface area contributed by atoms with Gasteiger partial charge in [-0.1, -0.05) is 0 Å². The predicted octanol–water partition coefficient (Wildman–Crippen LogP) is -0.326. The average molecular weight is 108 g/mol. The normalized spacial score (nSPS) is 13.0. The fourth-order valence-corrected chi connectivity index (χ4v) is 0.692. The van der Waals surface area contributed by atoms with Crippen LogP contribution in [-0.4, -0.2) is 9.97 Å². The number of fused-ring (bicyclic) bond motifs is 1. The van der Waals surface area contributed by atoms with Crippen LogP contribution in [0.4, 0.5) is 0 Å². The quantitative estimate of drug-likeness (QED) is 0.502. The second kappa shape index (κ2) is 0.992. The van der Waals surface area contributed by atoms with Gasteiger partial charge in [0.25, 0.3) is 0 Å². The van der Waals surface area contributed by atoms with Crippen LogP contribution in [0.2, 0.25) is 0 Å². The van der Waals surface area contributed by atoms with Gasteiger partial charge in [-0.3, -0.25) is 0 Å². The highest BCUT2D eigenvalue weighted by Crippen LogP contribution is 2.20. The van der Waals surface area contributed by atoms with Crippen LogP contribution >= 0.6 is 0 Å². The lowest BCUT2D eigenvalue weighted by molar-refractivity contribution is 1.08. The van der Waals surface area contributed by atoms with Crippen LogP contribution in [0.1, 0.15) is 11.3 Å². The second-order valence-corrected chi connectivity index (χ2v) is 1.87. The minimum Gasteiger partial charge on any atom is -0.309 e. The molecule has 8 heavy (non-hydrogen) atoms. The summed E-state index contributed by atoms with van der Waals surface area (Å²) in [7, 11) is 0. The Morgan fingerprint density at radius 2 is 2.62 bits per heavy atom. The first-order chi connectivity index (χ1) is 3.86. The largest absolute Gasteiger partial charge is 0.345 e. The monoisotopic (exact) mass is 108 g/mol. The lowest BCUT2D eigenvalue weighted by Gasteiger charge is -1.72. The van der Waals surface area contributed by atoms with Crippen LogP contribution in [0.15, 0.2) is 11.0 Å². The molecule has 0 aliphatic heterocycles. The van der Waals surface area contributed by atoms with E-state index in [1.807, 2.05) is 0 Å². The van der Waals surface area contributed by atoms with Gasteiger partial charge in [-0.25, -0.2) is 9.78 Å². The standard InChI is InChI=1S/C5H4N2O/c8-5-6-2-3-1-4(3)7-5/h2H,1H2,(H,6,7,8). The number of hydrogen-bond donors (Lipinski definition) is 1. The molecule has 3 nitrogen and oxygen atoms in total. The molecule has 1 aromatic rings. The van der Waals surface area contributed by atoms with Gasteiger partial charge in [-0.2, -0.15) is 0 Å². The number of nitrogens with one attached hydrogen (secondary N) is 1. The van der Waals surface area contributed by atoms with E-state index in [4.69, 9.17) is 0 Å². The van der Waals surface area contributed by atoms with Crippen LogP contribution in [0.25, 0.3) is 0 Å². The van der Waals surface area contributed by atoms with E-state index in [1.165, 1.54) is 5.56 Å². The van der Waals surface area contributed by atoms with Crippen molar-refractivity contribution in [2.24, 2.45) is 0 Å². The van der Waals surface area contributed by atoms with Gasteiger partial charge in [0.15, 0.2) is 0 Å². The molecule has 1 heterocycles. The molecule has 0 aromatic carbocycles.